The molecule has 1 heterocycles. The van der Waals surface area contributed by atoms with Gasteiger partial charge in [0.15, 0.2) is 11.0 Å². The van der Waals surface area contributed by atoms with Crippen molar-refractivity contribution < 1.29 is 4.79 Å². The topological polar surface area (TPSA) is 67.2 Å². The first-order valence-electron chi connectivity index (χ1n) is 4.72. The van der Waals surface area contributed by atoms with Gasteiger partial charge in [0, 0.05) is 5.69 Å². The molecule has 0 spiro atoms. The molecular formula is C11H7ClN4O. The number of nitrogens with zero attached hydrogens (tertiary/aromatic N) is 3. The number of hydrogen-bond acceptors (Lipinski definition) is 5. The van der Waals surface area contributed by atoms with Crippen LogP contribution < -0.4 is 5.32 Å². The predicted octanol–water partition coefficient (Wildman–Crippen LogP) is 2.84. The number of halogens is 1. The summed E-state index contributed by atoms with van der Waals surface area (Å²) in [4.78, 5) is 13.5. The summed E-state index contributed by atoms with van der Waals surface area (Å²) >= 11 is 5.62. The van der Waals surface area contributed by atoms with Gasteiger partial charge in [0.2, 0.25) is 6.08 Å². The quantitative estimate of drug-likeness (QED) is 0.668. The fourth-order valence-electron chi connectivity index (χ4n) is 1.20. The Bertz CT molecular complexity index is 547. The van der Waals surface area contributed by atoms with Gasteiger partial charge in [0.05, 0.1) is 5.69 Å². The Labute approximate surface area is 102 Å². The summed E-state index contributed by atoms with van der Waals surface area (Å²) in [6, 6.07) is 10.3. The fraction of sp³-hybridized carbons (Fsp3) is 0. The molecule has 0 unspecified atom stereocenters. The smallest absolute Gasteiger partial charge is 0.240 e. The Balaban J connectivity index is 2.13. The molecule has 0 aliphatic heterocycles. The molecule has 2 rings (SSSR count). The molecule has 5 nitrogen and oxygen atoms in total. The number of hydrogen-bond donors (Lipinski definition) is 1. The maximum absolute atomic E-state index is 10.0. The molecule has 1 aromatic carbocycles. The number of anilines is 2. The van der Waals surface area contributed by atoms with Crippen LogP contribution in [0.1, 0.15) is 0 Å². The van der Waals surface area contributed by atoms with Gasteiger partial charge in [-0.2, -0.15) is 4.99 Å². The van der Waals surface area contributed by atoms with Gasteiger partial charge in [-0.05, 0) is 36.4 Å². The Kier molecular flexibility index (Phi) is 3.45. The van der Waals surface area contributed by atoms with Gasteiger partial charge in [0.1, 0.15) is 0 Å². The highest BCUT2D eigenvalue weighted by molar-refractivity contribution is 6.29. The Morgan fingerprint density at radius 1 is 1.12 bits per heavy atom. The minimum atomic E-state index is 0.339. The third-order valence-electron chi connectivity index (χ3n) is 1.95. The summed E-state index contributed by atoms with van der Waals surface area (Å²) in [6.07, 6.45) is 1.48. The number of nitrogens with one attached hydrogen (secondary N) is 1. The van der Waals surface area contributed by atoms with Gasteiger partial charge < -0.3 is 5.32 Å². The fourth-order valence-corrected chi connectivity index (χ4v) is 1.30. The lowest BCUT2D eigenvalue weighted by Gasteiger charge is -2.04. The molecule has 0 bridgehead atoms. The van der Waals surface area contributed by atoms with Crippen molar-refractivity contribution in [2.75, 3.05) is 5.32 Å². The van der Waals surface area contributed by atoms with Crippen LogP contribution in [-0.2, 0) is 4.79 Å². The van der Waals surface area contributed by atoms with E-state index in [2.05, 4.69) is 20.5 Å². The van der Waals surface area contributed by atoms with Crippen LogP contribution in [0, 0.1) is 0 Å². The standard InChI is InChI=1S/C11H7ClN4O/c12-10-5-6-11(16-15-10)14-9-3-1-8(2-4-9)13-7-17/h1-6H,(H,14,16). The van der Waals surface area contributed by atoms with Crippen LogP contribution in [0.3, 0.4) is 0 Å². The second-order valence-corrected chi connectivity index (χ2v) is 3.50. The lowest BCUT2D eigenvalue weighted by Crippen LogP contribution is -1.94. The second-order valence-electron chi connectivity index (χ2n) is 3.12. The summed E-state index contributed by atoms with van der Waals surface area (Å²) in [5, 5.41) is 10.9. The average Bonchev–Trinajstić information content (AvgIpc) is 2.35. The van der Waals surface area contributed by atoms with Gasteiger partial charge in [-0.15, -0.1) is 10.2 Å². The molecule has 0 fully saturated rings. The summed E-state index contributed by atoms with van der Waals surface area (Å²) in [5.41, 5.74) is 1.36. The van der Waals surface area contributed by atoms with Crippen molar-refractivity contribution in [2.24, 2.45) is 4.99 Å². The number of aromatic nitrogens is 2. The molecule has 0 amide bonds. The van der Waals surface area contributed by atoms with Crippen molar-refractivity contribution >= 4 is 34.9 Å². The maximum atomic E-state index is 10.0. The highest BCUT2D eigenvalue weighted by atomic mass is 35.5. The summed E-state index contributed by atoms with van der Waals surface area (Å²) in [7, 11) is 0. The van der Waals surface area contributed by atoms with E-state index in [9.17, 15) is 4.79 Å². The molecule has 84 valence electrons. The van der Waals surface area contributed by atoms with Crippen molar-refractivity contribution in [1.29, 1.82) is 0 Å². The lowest BCUT2D eigenvalue weighted by atomic mass is 10.3. The van der Waals surface area contributed by atoms with Gasteiger partial charge in [-0.1, -0.05) is 11.6 Å². The third-order valence-corrected chi connectivity index (χ3v) is 2.15. The van der Waals surface area contributed by atoms with Crippen molar-refractivity contribution in [1.82, 2.24) is 10.2 Å². The van der Waals surface area contributed by atoms with Crippen molar-refractivity contribution in [3.8, 4) is 0 Å². The zero-order valence-electron chi connectivity index (χ0n) is 8.59. The molecule has 1 aromatic heterocycles. The molecule has 17 heavy (non-hydrogen) atoms. The number of aliphatic imine (C=N–C) groups is 1. The van der Waals surface area contributed by atoms with Crippen LogP contribution in [0.15, 0.2) is 41.4 Å². The third kappa shape index (κ3) is 3.11. The van der Waals surface area contributed by atoms with E-state index in [4.69, 9.17) is 11.6 Å². The molecular weight excluding hydrogens is 240 g/mol. The zero-order chi connectivity index (χ0) is 12.1. The van der Waals surface area contributed by atoms with Gasteiger partial charge in [0.25, 0.3) is 0 Å². The molecule has 0 saturated carbocycles. The van der Waals surface area contributed by atoms with Gasteiger partial charge in [-0.3, -0.25) is 0 Å². The van der Waals surface area contributed by atoms with Gasteiger partial charge in [-0.25, -0.2) is 4.79 Å². The molecule has 2 aromatic rings. The Morgan fingerprint density at radius 2 is 1.88 bits per heavy atom. The van der Waals surface area contributed by atoms with Crippen molar-refractivity contribution in [3.63, 3.8) is 0 Å². The maximum Gasteiger partial charge on any atom is 0.240 e. The van der Waals surface area contributed by atoms with Gasteiger partial charge >= 0.3 is 0 Å². The van der Waals surface area contributed by atoms with Crippen LogP contribution in [0.4, 0.5) is 17.2 Å². The molecule has 0 aliphatic rings. The van der Waals surface area contributed by atoms with Crippen molar-refractivity contribution in [3.05, 3.63) is 41.6 Å². The monoisotopic (exact) mass is 246 g/mol. The highest BCUT2D eigenvalue weighted by Crippen LogP contribution is 2.18. The van der Waals surface area contributed by atoms with E-state index in [0.717, 1.165) is 5.69 Å². The largest absolute Gasteiger partial charge is 0.339 e. The van der Waals surface area contributed by atoms with E-state index in [-0.39, 0.29) is 0 Å². The zero-order valence-corrected chi connectivity index (χ0v) is 9.35. The number of benzene rings is 1. The average molecular weight is 247 g/mol. The normalized spacial score (nSPS) is 9.47. The molecule has 1 N–H and O–H groups in total. The van der Waals surface area contributed by atoms with Crippen LogP contribution in [0.25, 0.3) is 0 Å². The lowest BCUT2D eigenvalue weighted by molar-refractivity contribution is 0.565. The minimum Gasteiger partial charge on any atom is -0.339 e. The summed E-state index contributed by atoms with van der Waals surface area (Å²) in [5.74, 6) is 0.584. The molecule has 6 heteroatoms. The highest BCUT2D eigenvalue weighted by Gasteiger charge is 1.97. The van der Waals surface area contributed by atoms with Crippen molar-refractivity contribution in [2.45, 2.75) is 0 Å². The molecule has 0 aliphatic carbocycles. The minimum absolute atomic E-state index is 0.339. The molecule has 0 radical (unpaired) electrons. The SMILES string of the molecule is O=C=Nc1ccc(Nc2ccc(Cl)nn2)cc1. The first-order valence-corrected chi connectivity index (χ1v) is 5.10. The Hall–Kier alpha value is -2.23. The summed E-state index contributed by atoms with van der Waals surface area (Å²) in [6.45, 7) is 0. The van der Waals surface area contributed by atoms with Crippen LogP contribution >= 0.6 is 11.6 Å². The Morgan fingerprint density at radius 3 is 2.47 bits per heavy atom. The van der Waals surface area contributed by atoms with Crippen LogP contribution in [0.2, 0.25) is 5.15 Å². The first-order chi connectivity index (χ1) is 8.28. The van der Waals surface area contributed by atoms with Crippen LogP contribution in [-0.4, -0.2) is 16.3 Å². The van der Waals surface area contributed by atoms with E-state index in [1.165, 1.54) is 6.08 Å². The second kappa shape index (κ2) is 5.21. The number of isocyanates is 1. The van der Waals surface area contributed by atoms with E-state index >= 15 is 0 Å². The molecule has 0 atom stereocenters. The number of rotatable bonds is 3. The van der Waals surface area contributed by atoms with E-state index in [1.807, 2.05) is 0 Å². The van der Waals surface area contributed by atoms with E-state index in [0.29, 0.717) is 16.7 Å². The summed E-state index contributed by atoms with van der Waals surface area (Å²) < 4.78 is 0. The predicted molar refractivity (Wildman–Crippen MR) is 64.5 cm³/mol. The van der Waals surface area contributed by atoms with Crippen LogP contribution in [0.5, 0.6) is 0 Å². The molecule has 0 saturated heterocycles. The van der Waals surface area contributed by atoms with E-state index < -0.39 is 0 Å². The first kappa shape index (κ1) is 11.3. The number of carbonyl (C=O) groups excluding carboxylic acids is 1. The van der Waals surface area contributed by atoms with E-state index in [1.54, 1.807) is 36.4 Å².